The van der Waals surface area contributed by atoms with Gasteiger partial charge in [0.25, 0.3) is 10.0 Å². The van der Waals surface area contributed by atoms with Crippen LogP contribution in [0.5, 0.6) is 11.5 Å². The van der Waals surface area contributed by atoms with Crippen molar-refractivity contribution in [3.05, 3.63) is 18.2 Å². The second-order valence-electron chi connectivity index (χ2n) is 5.74. The first-order valence-electron chi connectivity index (χ1n) is 7.77. The van der Waals surface area contributed by atoms with E-state index in [1.807, 2.05) is 0 Å². The number of carbonyl (C=O) groups is 1. The lowest BCUT2D eigenvalue weighted by molar-refractivity contribution is -0.126. The highest BCUT2D eigenvalue weighted by atomic mass is 32.2. The van der Waals surface area contributed by atoms with Crippen molar-refractivity contribution in [1.29, 1.82) is 0 Å². The van der Waals surface area contributed by atoms with Crippen LogP contribution in [0.1, 0.15) is 32.1 Å². The molecular weight excluding hydrogens is 320 g/mol. The maximum Gasteiger partial charge on any atom is 0.257 e. The minimum absolute atomic E-state index is 0.0192. The summed E-state index contributed by atoms with van der Waals surface area (Å²) in [6.45, 7) is 0.817. The van der Waals surface area contributed by atoms with E-state index in [0.717, 1.165) is 32.1 Å². The lowest BCUT2D eigenvalue weighted by Crippen LogP contribution is -2.44. The van der Waals surface area contributed by atoms with Gasteiger partial charge in [-0.05, 0) is 25.0 Å². The number of sulfonamides is 1. The summed E-state index contributed by atoms with van der Waals surface area (Å²) in [6.07, 6.45) is 4.75. The monoisotopic (exact) mass is 340 g/mol. The molecule has 1 aromatic rings. The van der Waals surface area contributed by atoms with Gasteiger partial charge in [-0.3, -0.25) is 10.2 Å². The number of benzene rings is 1. The van der Waals surface area contributed by atoms with Crippen molar-refractivity contribution >= 4 is 15.9 Å². The molecular formula is C15H20N2O5S. The van der Waals surface area contributed by atoms with Crippen LogP contribution in [-0.2, 0) is 14.8 Å². The van der Waals surface area contributed by atoms with Crippen LogP contribution in [0.15, 0.2) is 23.1 Å². The zero-order valence-electron chi connectivity index (χ0n) is 12.7. The van der Waals surface area contributed by atoms with Crippen LogP contribution < -0.4 is 19.7 Å². The molecule has 0 unspecified atom stereocenters. The summed E-state index contributed by atoms with van der Waals surface area (Å²) >= 11 is 0. The van der Waals surface area contributed by atoms with Gasteiger partial charge in [0, 0.05) is 12.0 Å². The van der Waals surface area contributed by atoms with Gasteiger partial charge in [-0.15, -0.1) is 4.83 Å². The molecule has 1 aromatic carbocycles. The Kier molecular flexibility index (Phi) is 4.72. The molecule has 7 nitrogen and oxygen atoms in total. The first-order valence-corrected chi connectivity index (χ1v) is 9.26. The second kappa shape index (κ2) is 6.76. The summed E-state index contributed by atoms with van der Waals surface area (Å²) in [5, 5.41) is 0. The quantitative estimate of drug-likeness (QED) is 0.807. The molecule has 0 saturated heterocycles. The van der Waals surface area contributed by atoms with E-state index >= 15 is 0 Å². The van der Waals surface area contributed by atoms with Crippen molar-refractivity contribution in [2.24, 2.45) is 5.92 Å². The Morgan fingerprint density at radius 3 is 2.48 bits per heavy atom. The van der Waals surface area contributed by atoms with Gasteiger partial charge in [-0.25, -0.2) is 8.42 Å². The molecule has 126 valence electrons. The molecule has 1 aliphatic carbocycles. The molecule has 1 aliphatic heterocycles. The molecule has 8 heteroatoms. The Morgan fingerprint density at radius 2 is 1.74 bits per heavy atom. The van der Waals surface area contributed by atoms with Crippen LogP contribution in [0.4, 0.5) is 0 Å². The third kappa shape index (κ3) is 3.76. The predicted molar refractivity (Wildman–Crippen MR) is 82.5 cm³/mol. The average Bonchev–Trinajstić information content (AvgIpc) is 2.60. The van der Waals surface area contributed by atoms with Crippen LogP contribution in [0.25, 0.3) is 0 Å². The highest BCUT2D eigenvalue weighted by Gasteiger charge is 2.24. The van der Waals surface area contributed by atoms with Gasteiger partial charge in [0.1, 0.15) is 13.2 Å². The van der Waals surface area contributed by atoms with Gasteiger partial charge in [-0.2, -0.15) is 0 Å². The maximum absolute atomic E-state index is 12.3. The summed E-state index contributed by atoms with van der Waals surface area (Å²) in [6, 6.07) is 4.36. The summed E-state index contributed by atoms with van der Waals surface area (Å²) in [5.74, 6) is 0.511. The number of fused-ring (bicyclic) bond motifs is 1. The van der Waals surface area contributed by atoms with Crippen LogP contribution >= 0.6 is 0 Å². The standard InChI is InChI=1S/C15H20N2O5S/c18-15(11-4-2-1-3-5-11)16-17-23(19,20)12-6-7-13-14(10-12)22-9-8-21-13/h6-7,10-11,17H,1-5,8-9H2,(H,16,18). The lowest BCUT2D eigenvalue weighted by atomic mass is 9.89. The molecule has 0 aromatic heterocycles. The van der Waals surface area contributed by atoms with Crippen LogP contribution in [0, 0.1) is 5.92 Å². The summed E-state index contributed by atoms with van der Waals surface area (Å²) in [5.41, 5.74) is 2.32. The number of carbonyl (C=O) groups excluding carboxylic acids is 1. The van der Waals surface area contributed by atoms with Gasteiger partial charge in [0.15, 0.2) is 11.5 Å². The predicted octanol–water partition coefficient (Wildman–Crippen LogP) is 1.35. The topological polar surface area (TPSA) is 93.7 Å². The highest BCUT2D eigenvalue weighted by molar-refractivity contribution is 7.89. The van der Waals surface area contributed by atoms with Crippen molar-refractivity contribution < 1.29 is 22.7 Å². The molecule has 0 atom stereocenters. The van der Waals surface area contributed by atoms with E-state index in [-0.39, 0.29) is 16.7 Å². The van der Waals surface area contributed by atoms with E-state index in [1.165, 1.54) is 12.1 Å². The fourth-order valence-electron chi connectivity index (χ4n) is 2.83. The zero-order valence-corrected chi connectivity index (χ0v) is 13.5. The van der Waals surface area contributed by atoms with E-state index in [2.05, 4.69) is 10.3 Å². The molecule has 23 heavy (non-hydrogen) atoms. The van der Waals surface area contributed by atoms with Gasteiger partial charge in [0.05, 0.1) is 4.90 Å². The van der Waals surface area contributed by atoms with Gasteiger partial charge < -0.3 is 9.47 Å². The Labute approximate surface area is 135 Å². The number of hydrazine groups is 1. The Hall–Kier alpha value is -1.80. The molecule has 1 fully saturated rings. The molecule has 1 saturated carbocycles. The Balaban J connectivity index is 1.65. The number of hydrogen-bond acceptors (Lipinski definition) is 5. The van der Waals surface area contributed by atoms with Crippen molar-refractivity contribution in [1.82, 2.24) is 10.3 Å². The van der Waals surface area contributed by atoms with Gasteiger partial charge in [0.2, 0.25) is 5.91 Å². The van der Waals surface area contributed by atoms with E-state index in [9.17, 15) is 13.2 Å². The van der Waals surface area contributed by atoms with Crippen molar-refractivity contribution in [2.75, 3.05) is 13.2 Å². The first-order chi connectivity index (χ1) is 11.1. The van der Waals surface area contributed by atoms with Crippen molar-refractivity contribution in [2.45, 2.75) is 37.0 Å². The van der Waals surface area contributed by atoms with Crippen LogP contribution in [-0.4, -0.2) is 27.5 Å². The van der Waals surface area contributed by atoms with E-state index in [1.54, 1.807) is 6.07 Å². The molecule has 3 rings (SSSR count). The number of nitrogens with one attached hydrogen (secondary N) is 2. The molecule has 0 radical (unpaired) electrons. The van der Waals surface area contributed by atoms with E-state index in [4.69, 9.17) is 9.47 Å². The van der Waals surface area contributed by atoms with Crippen LogP contribution in [0.2, 0.25) is 0 Å². The van der Waals surface area contributed by atoms with Crippen molar-refractivity contribution in [3.63, 3.8) is 0 Å². The zero-order chi connectivity index (χ0) is 16.3. The Bertz CT molecular complexity index is 683. The molecule has 1 amide bonds. The summed E-state index contributed by atoms with van der Waals surface area (Å²) in [7, 11) is -3.84. The number of hydrogen-bond donors (Lipinski definition) is 2. The van der Waals surface area contributed by atoms with Gasteiger partial charge >= 0.3 is 0 Å². The van der Waals surface area contributed by atoms with Crippen molar-refractivity contribution in [3.8, 4) is 11.5 Å². The fourth-order valence-corrected chi connectivity index (χ4v) is 3.70. The maximum atomic E-state index is 12.3. The molecule has 1 heterocycles. The lowest BCUT2D eigenvalue weighted by Gasteiger charge is -2.21. The molecule has 2 aliphatic rings. The second-order valence-corrected chi connectivity index (χ2v) is 7.42. The summed E-state index contributed by atoms with van der Waals surface area (Å²) < 4.78 is 35.3. The fraction of sp³-hybridized carbons (Fsp3) is 0.533. The van der Waals surface area contributed by atoms with Gasteiger partial charge in [-0.1, -0.05) is 19.3 Å². The van der Waals surface area contributed by atoms with Crippen LogP contribution in [0.3, 0.4) is 0 Å². The number of ether oxygens (including phenoxy) is 2. The SMILES string of the molecule is O=C(NNS(=O)(=O)c1ccc2c(c1)OCCO2)C1CCCCC1. The minimum atomic E-state index is -3.84. The highest BCUT2D eigenvalue weighted by Crippen LogP contribution is 2.32. The van der Waals surface area contributed by atoms with E-state index in [0.29, 0.717) is 24.7 Å². The number of rotatable bonds is 4. The summed E-state index contributed by atoms with van der Waals surface area (Å²) in [4.78, 5) is 14.2. The molecule has 0 bridgehead atoms. The first kappa shape index (κ1) is 16.1. The molecule has 2 N–H and O–H groups in total. The Morgan fingerprint density at radius 1 is 1.04 bits per heavy atom. The largest absolute Gasteiger partial charge is 0.486 e. The number of amides is 1. The third-order valence-corrected chi connectivity index (χ3v) is 5.35. The third-order valence-electron chi connectivity index (χ3n) is 4.11. The molecule has 0 spiro atoms. The minimum Gasteiger partial charge on any atom is -0.486 e. The smallest absolute Gasteiger partial charge is 0.257 e. The normalized spacial score (nSPS) is 18.4. The van der Waals surface area contributed by atoms with E-state index < -0.39 is 10.0 Å². The average molecular weight is 340 g/mol.